The number of ether oxygens (including phenoxy) is 1. The Bertz CT molecular complexity index is 979. The molecule has 0 aliphatic carbocycles. The highest BCUT2D eigenvalue weighted by Gasteiger charge is 2.38. The summed E-state index contributed by atoms with van der Waals surface area (Å²) >= 11 is 0. The van der Waals surface area contributed by atoms with Crippen LogP contribution in [0, 0.1) is 29.1 Å². The average molecular weight is 481 g/mol. The first-order valence-corrected chi connectivity index (χ1v) is 11.1. The molecular formula is C20H21F5NO5P. The number of hydrogen-bond donors (Lipinski definition) is 1. The lowest BCUT2D eigenvalue weighted by Crippen LogP contribution is -2.37. The van der Waals surface area contributed by atoms with Crippen LogP contribution in [0.2, 0.25) is 0 Å². The number of nitrogens with one attached hydrogen (secondary N) is 1. The summed E-state index contributed by atoms with van der Waals surface area (Å²) < 4.78 is 96.8. The van der Waals surface area contributed by atoms with Gasteiger partial charge in [0.15, 0.2) is 0 Å². The number of esters is 1. The van der Waals surface area contributed by atoms with Crippen molar-refractivity contribution in [2.45, 2.75) is 45.8 Å². The van der Waals surface area contributed by atoms with E-state index in [-0.39, 0.29) is 5.75 Å². The molecule has 1 N–H and O–H groups in total. The zero-order valence-corrected chi connectivity index (χ0v) is 18.2. The first-order chi connectivity index (χ1) is 15.0. The Morgan fingerprint density at radius 3 is 2.00 bits per heavy atom. The summed E-state index contributed by atoms with van der Waals surface area (Å²) in [5.74, 6) is -14.6. The molecule has 0 fully saturated rings. The molecule has 0 aliphatic rings. The Morgan fingerprint density at radius 1 is 0.938 bits per heavy atom. The summed E-state index contributed by atoms with van der Waals surface area (Å²) in [4.78, 5) is 12.3. The van der Waals surface area contributed by atoms with Crippen molar-refractivity contribution in [2.24, 2.45) is 0 Å². The average Bonchev–Trinajstić information content (AvgIpc) is 2.74. The van der Waals surface area contributed by atoms with Gasteiger partial charge < -0.3 is 13.8 Å². The Morgan fingerprint density at radius 2 is 1.47 bits per heavy atom. The van der Waals surface area contributed by atoms with Gasteiger partial charge in [0.05, 0.1) is 6.10 Å². The van der Waals surface area contributed by atoms with Crippen molar-refractivity contribution in [3.8, 4) is 11.5 Å². The van der Waals surface area contributed by atoms with Crippen LogP contribution in [0.4, 0.5) is 22.0 Å². The molecule has 6 nitrogen and oxygen atoms in total. The van der Waals surface area contributed by atoms with Crippen LogP contribution in [0.15, 0.2) is 30.3 Å². The van der Waals surface area contributed by atoms with Crippen LogP contribution in [0.5, 0.6) is 11.5 Å². The smallest absolute Gasteiger partial charge is 0.462 e. The van der Waals surface area contributed by atoms with E-state index < -0.39 is 60.7 Å². The van der Waals surface area contributed by atoms with Gasteiger partial charge >= 0.3 is 13.7 Å². The number of rotatable bonds is 10. The molecule has 0 aromatic heterocycles. The van der Waals surface area contributed by atoms with Crippen LogP contribution < -0.4 is 14.1 Å². The lowest BCUT2D eigenvalue weighted by Gasteiger charge is -2.24. The molecule has 2 aromatic rings. The number of para-hydroxylation sites is 1. The number of hydrogen-bond acceptors (Lipinski definition) is 5. The van der Waals surface area contributed by atoms with Gasteiger partial charge in [0, 0.05) is 0 Å². The maximum Gasteiger partial charge on any atom is 0.513 e. The lowest BCUT2D eigenvalue weighted by atomic mass is 10.2. The fourth-order valence-electron chi connectivity index (χ4n) is 2.53. The van der Waals surface area contributed by atoms with Crippen LogP contribution in [-0.4, -0.2) is 18.1 Å². The molecule has 0 bridgehead atoms. The highest BCUT2D eigenvalue weighted by molar-refractivity contribution is 7.52. The molecule has 2 aromatic carbocycles. The molecule has 0 heterocycles. The minimum atomic E-state index is -4.93. The summed E-state index contributed by atoms with van der Waals surface area (Å²) in [6.45, 7) is 4.69. The number of carbonyl (C=O) groups excluding carboxylic acids is 1. The normalized spacial score (nSPS) is 14.9. The number of benzene rings is 2. The van der Waals surface area contributed by atoms with Gasteiger partial charge in [-0.05, 0) is 32.4 Å². The van der Waals surface area contributed by atoms with Crippen molar-refractivity contribution >= 4 is 13.7 Å². The van der Waals surface area contributed by atoms with E-state index in [4.69, 9.17) is 9.26 Å². The SMILES string of the molecule is CCC[C@H](C)OC(=O)[C@H](C)NP(=O)(Oc1ccccc1)Oc1c(F)c(F)c(F)c(F)c1F. The van der Waals surface area contributed by atoms with Crippen LogP contribution in [-0.2, 0) is 14.1 Å². The van der Waals surface area contributed by atoms with Crippen molar-refractivity contribution in [2.75, 3.05) is 0 Å². The molecule has 2 rings (SSSR count). The van der Waals surface area contributed by atoms with Gasteiger partial charge in [0.1, 0.15) is 11.8 Å². The third kappa shape index (κ3) is 6.20. The minimum absolute atomic E-state index is 0.132. The lowest BCUT2D eigenvalue weighted by molar-refractivity contribution is -0.150. The highest BCUT2D eigenvalue weighted by Crippen LogP contribution is 2.47. The summed E-state index contributed by atoms with van der Waals surface area (Å²) in [5, 5.41) is 2.11. The molecule has 12 heteroatoms. The van der Waals surface area contributed by atoms with Crippen LogP contribution in [0.3, 0.4) is 0 Å². The molecule has 176 valence electrons. The zero-order chi connectivity index (χ0) is 24.1. The summed E-state index contributed by atoms with van der Waals surface area (Å²) in [5.41, 5.74) is 0. The van der Waals surface area contributed by atoms with Crippen LogP contribution >= 0.6 is 7.75 Å². The Labute approximate surface area is 181 Å². The van der Waals surface area contributed by atoms with Crippen molar-refractivity contribution in [3.63, 3.8) is 0 Å². The molecule has 0 aliphatic heterocycles. The second-order valence-electron chi connectivity index (χ2n) is 6.78. The molecule has 1 unspecified atom stereocenters. The predicted molar refractivity (Wildman–Crippen MR) is 105 cm³/mol. The van der Waals surface area contributed by atoms with Gasteiger partial charge in [0.25, 0.3) is 0 Å². The third-order valence-corrected chi connectivity index (χ3v) is 5.65. The van der Waals surface area contributed by atoms with Crippen LogP contribution in [0.1, 0.15) is 33.6 Å². The number of carbonyl (C=O) groups is 1. The van der Waals surface area contributed by atoms with Crippen LogP contribution in [0.25, 0.3) is 0 Å². The van der Waals surface area contributed by atoms with E-state index >= 15 is 0 Å². The monoisotopic (exact) mass is 481 g/mol. The second kappa shape index (κ2) is 10.8. The Hall–Kier alpha value is -2.65. The Kier molecular flexibility index (Phi) is 8.63. The molecule has 0 spiro atoms. The molecular weight excluding hydrogens is 460 g/mol. The maximum atomic E-state index is 14.1. The zero-order valence-electron chi connectivity index (χ0n) is 17.3. The first kappa shape index (κ1) is 25.6. The van der Waals surface area contributed by atoms with E-state index in [1.54, 1.807) is 13.0 Å². The van der Waals surface area contributed by atoms with Crippen molar-refractivity contribution in [3.05, 3.63) is 59.4 Å². The third-order valence-electron chi connectivity index (χ3n) is 4.07. The van der Waals surface area contributed by atoms with E-state index in [1.807, 2.05) is 6.92 Å². The van der Waals surface area contributed by atoms with E-state index in [0.29, 0.717) is 6.42 Å². The van der Waals surface area contributed by atoms with Crippen molar-refractivity contribution in [1.29, 1.82) is 0 Å². The molecule has 0 saturated heterocycles. The fraction of sp³-hybridized carbons (Fsp3) is 0.350. The summed E-state index contributed by atoms with van der Waals surface area (Å²) in [6.07, 6.45) is 0.773. The van der Waals surface area contributed by atoms with E-state index in [0.717, 1.165) is 6.42 Å². The molecule has 32 heavy (non-hydrogen) atoms. The second-order valence-corrected chi connectivity index (χ2v) is 8.40. The number of halogens is 5. The topological polar surface area (TPSA) is 73.9 Å². The van der Waals surface area contributed by atoms with Crippen molar-refractivity contribution in [1.82, 2.24) is 5.09 Å². The van der Waals surface area contributed by atoms with Gasteiger partial charge in [-0.25, -0.2) is 17.7 Å². The Balaban J connectivity index is 2.39. The predicted octanol–water partition coefficient (Wildman–Crippen LogP) is 5.66. The summed E-state index contributed by atoms with van der Waals surface area (Å²) in [6, 6.07) is 5.69. The fourth-order valence-corrected chi connectivity index (χ4v) is 4.05. The first-order valence-electron chi connectivity index (χ1n) is 9.53. The largest absolute Gasteiger partial charge is 0.513 e. The van der Waals surface area contributed by atoms with Gasteiger partial charge in [-0.2, -0.15) is 13.9 Å². The standard InChI is InChI=1S/C20H21F5NO5P/c1-4-8-11(2)29-20(27)12(3)26-32(28,30-13-9-6-5-7-10-13)31-19-17(24)15(22)14(21)16(23)18(19)25/h5-7,9-12H,4,8H2,1-3H3,(H,26,28)/t11-,12-,32?/m0/s1. The van der Waals surface area contributed by atoms with E-state index in [1.165, 1.54) is 31.2 Å². The van der Waals surface area contributed by atoms with Gasteiger partial charge in [0.2, 0.25) is 34.8 Å². The molecule has 3 atom stereocenters. The molecule has 0 radical (unpaired) electrons. The van der Waals surface area contributed by atoms with E-state index in [2.05, 4.69) is 9.61 Å². The van der Waals surface area contributed by atoms with Crippen molar-refractivity contribution < 1.29 is 45.1 Å². The van der Waals surface area contributed by atoms with E-state index in [9.17, 15) is 31.3 Å². The molecule has 0 saturated carbocycles. The molecule has 0 amide bonds. The quantitative estimate of drug-likeness (QED) is 0.155. The highest BCUT2D eigenvalue weighted by atomic mass is 31.2. The van der Waals surface area contributed by atoms with Gasteiger partial charge in [-0.3, -0.25) is 4.79 Å². The summed E-state index contributed by atoms with van der Waals surface area (Å²) in [7, 11) is -4.93. The minimum Gasteiger partial charge on any atom is -0.462 e. The van der Waals surface area contributed by atoms with Gasteiger partial charge in [-0.1, -0.05) is 31.5 Å². The van der Waals surface area contributed by atoms with Gasteiger partial charge in [-0.15, -0.1) is 0 Å². The maximum absolute atomic E-state index is 14.1.